The molecule has 0 saturated heterocycles. The molecule has 0 unspecified atom stereocenters. The summed E-state index contributed by atoms with van der Waals surface area (Å²) in [5.74, 6) is -0.0938. The van der Waals surface area contributed by atoms with Crippen LogP contribution in [0.4, 0.5) is 0 Å². The maximum Gasteiger partial charge on any atom is 0.248 e. The van der Waals surface area contributed by atoms with Crippen molar-refractivity contribution in [3.05, 3.63) is 48.0 Å². The largest absolute Gasteiger partial charge is 0.344 e. The van der Waals surface area contributed by atoms with Crippen molar-refractivity contribution in [3.8, 4) is 0 Å². The fourth-order valence-electron chi connectivity index (χ4n) is 3.20. The number of hydrogen-bond donors (Lipinski definition) is 1. The van der Waals surface area contributed by atoms with Crippen LogP contribution in [0.25, 0.3) is 21.8 Å². The van der Waals surface area contributed by atoms with E-state index in [1.54, 1.807) is 6.21 Å². The summed E-state index contributed by atoms with van der Waals surface area (Å²) < 4.78 is 1.88. The van der Waals surface area contributed by atoms with Crippen LogP contribution in [0.15, 0.2) is 47.6 Å². The molecular formula is C19H17Br2N3O. The Morgan fingerprint density at radius 2 is 1.88 bits per heavy atom. The highest BCUT2D eigenvalue weighted by Crippen LogP contribution is 2.66. The first-order chi connectivity index (χ1) is 11.8. The number of halogens is 2. The number of carbonyl (C=O) groups excluding carboxylic acids is 1. The van der Waals surface area contributed by atoms with Crippen LogP contribution in [-0.4, -0.2) is 19.9 Å². The minimum atomic E-state index is -0.468. The van der Waals surface area contributed by atoms with Crippen LogP contribution in [0.2, 0.25) is 0 Å². The number of nitrogens with zero attached hydrogens (tertiary/aromatic N) is 2. The molecule has 1 atom stereocenters. The summed E-state index contributed by atoms with van der Waals surface area (Å²) in [6.45, 7) is 1.91. The van der Waals surface area contributed by atoms with Gasteiger partial charge >= 0.3 is 0 Å². The second kappa shape index (κ2) is 5.68. The van der Waals surface area contributed by atoms with Gasteiger partial charge < -0.3 is 4.57 Å². The van der Waals surface area contributed by atoms with E-state index in [-0.39, 0.29) is 9.14 Å². The average molecular weight is 463 g/mol. The van der Waals surface area contributed by atoms with E-state index in [0.29, 0.717) is 0 Å². The highest BCUT2D eigenvalue weighted by atomic mass is 79.9. The van der Waals surface area contributed by atoms with Crippen molar-refractivity contribution < 1.29 is 4.79 Å². The standard InChI is InChI=1S/C19H17Br2N3O/c1-18(11-19(18,20)21)17(25)23-22-10-12-7-8-16-14(9-12)13-5-3-4-6-15(13)24(16)2/h3-10H,11H2,1-2H3,(H,23,25)/b22-10-/t18-/m1/s1. The average Bonchev–Trinajstić information content (AvgIpc) is 3.00. The second-order valence-corrected chi connectivity index (χ2v) is 10.5. The first kappa shape index (κ1) is 16.8. The van der Waals surface area contributed by atoms with Gasteiger partial charge in [-0.3, -0.25) is 4.79 Å². The molecule has 0 radical (unpaired) electrons. The number of para-hydroxylation sites is 1. The SMILES string of the molecule is Cn1c2ccccc2c2cc(/C=N\NC(=O)[C@@]3(C)CC3(Br)Br)ccc21. The Labute approximate surface area is 162 Å². The van der Waals surface area contributed by atoms with E-state index < -0.39 is 5.41 Å². The number of carbonyl (C=O) groups is 1. The Bertz CT molecular complexity index is 1040. The van der Waals surface area contributed by atoms with Gasteiger partial charge in [-0.15, -0.1) is 0 Å². The molecule has 4 rings (SSSR count). The van der Waals surface area contributed by atoms with Crippen LogP contribution < -0.4 is 5.43 Å². The molecule has 4 nitrogen and oxygen atoms in total. The summed E-state index contributed by atoms with van der Waals surface area (Å²) in [5, 5.41) is 6.53. The van der Waals surface area contributed by atoms with Gasteiger partial charge in [-0.05, 0) is 37.1 Å². The molecule has 0 aliphatic heterocycles. The van der Waals surface area contributed by atoms with E-state index in [1.807, 2.05) is 25.1 Å². The fraction of sp³-hybridized carbons (Fsp3) is 0.263. The number of nitrogens with one attached hydrogen (secondary N) is 1. The first-order valence-corrected chi connectivity index (χ1v) is 9.61. The maximum absolute atomic E-state index is 12.2. The molecule has 1 aromatic heterocycles. The summed E-state index contributed by atoms with van der Waals surface area (Å²) in [6, 6.07) is 14.5. The Hall–Kier alpha value is -1.66. The van der Waals surface area contributed by atoms with Crippen LogP contribution >= 0.6 is 31.9 Å². The van der Waals surface area contributed by atoms with Gasteiger partial charge in [0.05, 0.1) is 14.9 Å². The van der Waals surface area contributed by atoms with Gasteiger partial charge in [-0.25, -0.2) is 5.43 Å². The zero-order valence-corrected chi connectivity index (χ0v) is 17.1. The monoisotopic (exact) mass is 461 g/mol. The third-order valence-electron chi connectivity index (χ3n) is 5.08. The van der Waals surface area contributed by atoms with Crippen LogP contribution in [0.5, 0.6) is 0 Å². The Kier molecular flexibility index (Phi) is 3.81. The number of alkyl halides is 2. The summed E-state index contributed by atoms with van der Waals surface area (Å²) >= 11 is 7.00. The van der Waals surface area contributed by atoms with Crippen LogP contribution in [-0.2, 0) is 11.8 Å². The maximum atomic E-state index is 12.2. The second-order valence-electron chi connectivity index (χ2n) is 6.77. The molecule has 1 saturated carbocycles. The van der Waals surface area contributed by atoms with Gasteiger partial charge in [0, 0.05) is 28.9 Å². The molecule has 0 spiro atoms. The number of aryl methyl sites for hydroxylation is 1. The van der Waals surface area contributed by atoms with Gasteiger partial charge in [-0.2, -0.15) is 5.10 Å². The normalized spacial score (nSPS) is 21.9. The van der Waals surface area contributed by atoms with Crippen molar-refractivity contribution in [1.82, 2.24) is 9.99 Å². The molecule has 1 aliphatic carbocycles. The van der Waals surface area contributed by atoms with Gasteiger partial charge in [0.2, 0.25) is 5.91 Å². The molecular weight excluding hydrogens is 446 g/mol. The molecule has 2 aromatic carbocycles. The number of hydrazone groups is 1. The highest BCUT2D eigenvalue weighted by Gasteiger charge is 2.66. The van der Waals surface area contributed by atoms with E-state index in [0.717, 1.165) is 12.0 Å². The lowest BCUT2D eigenvalue weighted by molar-refractivity contribution is -0.125. The van der Waals surface area contributed by atoms with E-state index in [4.69, 9.17) is 0 Å². The van der Waals surface area contributed by atoms with Crippen molar-refractivity contribution in [2.75, 3.05) is 0 Å². The summed E-state index contributed by atoms with van der Waals surface area (Å²) in [6.07, 6.45) is 2.43. The fourth-order valence-corrected chi connectivity index (χ4v) is 4.68. The number of aromatic nitrogens is 1. The van der Waals surface area contributed by atoms with E-state index in [9.17, 15) is 4.79 Å². The summed E-state index contributed by atoms with van der Waals surface area (Å²) in [4.78, 5) is 12.2. The van der Waals surface area contributed by atoms with Crippen LogP contribution in [0, 0.1) is 5.41 Å². The lowest BCUT2D eigenvalue weighted by Gasteiger charge is -2.09. The number of rotatable bonds is 3. The third kappa shape index (κ3) is 2.62. The minimum absolute atomic E-state index is 0.0938. The molecule has 25 heavy (non-hydrogen) atoms. The molecule has 1 N–H and O–H groups in total. The smallest absolute Gasteiger partial charge is 0.248 e. The zero-order valence-electron chi connectivity index (χ0n) is 13.9. The lowest BCUT2D eigenvalue weighted by Crippen LogP contribution is -2.29. The Morgan fingerprint density at radius 3 is 2.60 bits per heavy atom. The quantitative estimate of drug-likeness (QED) is 0.343. The Balaban J connectivity index is 1.60. The van der Waals surface area contributed by atoms with E-state index in [1.165, 1.54) is 21.8 Å². The van der Waals surface area contributed by atoms with Crippen LogP contribution in [0.3, 0.4) is 0 Å². The summed E-state index contributed by atoms with van der Waals surface area (Å²) in [5.41, 5.74) is 5.51. The highest BCUT2D eigenvalue weighted by molar-refractivity contribution is 9.25. The van der Waals surface area contributed by atoms with Gasteiger partial charge in [0.1, 0.15) is 0 Å². The van der Waals surface area contributed by atoms with Crippen molar-refractivity contribution >= 4 is 65.8 Å². The molecule has 3 aromatic rings. The molecule has 1 heterocycles. The molecule has 1 aliphatic rings. The van der Waals surface area contributed by atoms with Crippen molar-refractivity contribution in [1.29, 1.82) is 0 Å². The van der Waals surface area contributed by atoms with Crippen molar-refractivity contribution in [2.45, 2.75) is 16.6 Å². The first-order valence-electron chi connectivity index (χ1n) is 8.02. The predicted molar refractivity (Wildman–Crippen MR) is 109 cm³/mol. The number of fused-ring (bicyclic) bond motifs is 3. The van der Waals surface area contributed by atoms with Gasteiger partial charge in [0.25, 0.3) is 0 Å². The van der Waals surface area contributed by atoms with Gasteiger partial charge in [-0.1, -0.05) is 56.1 Å². The van der Waals surface area contributed by atoms with Crippen molar-refractivity contribution in [2.24, 2.45) is 17.6 Å². The topological polar surface area (TPSA) is 46.4 Å². The summed E-state index contributed by atoms with van der Waals surface area (Å²) in [7, 11) is 2.07. The molecule has 128 valence electrons. The zero-order chi connectivity index (χ0) is 17.8. The molecule has 0 bridgehead atoms. The number of benzene rings is 2. The van der Waals surface area contributed by atoms with Gasteiger partial charge in [0.15, 0.2) is 0 Å². The predicted octanol–water partition coefficient (Wildman–Crippen LogP) is 4.68. The number of hydrogen-bond acceptors (Lipinski definition) is 2. The Morgan fingerprint density at radius 1 is 1.20 bits per heavy atom. The number of amides is 1. The molecule has 6 heteroatoms. The van der Waals surface area contributed by atoms with E-state index in [2.05, 4.69) is 78.3 Å². The minimum Gasteiger partial charge on any atom is -0.344 e. The molecule has 1 amide bonds. The van der Waals surface area contributed by atoms with Crippen LogP contribution in [0.1, 0.15) is 18.9 Å². The third-order valence-corrected chi connectivity index (χ3v) is 7.39. The van der Waals surface area contributed by atoms with Crippen molar-refractivity contribution in [3.63, 3.8) is 0 Å². The van der Waals surface area contributed by atoms with E-state index >= 15 is 0 Å². The lowest BCUT2D eigenvalue weighted by atomic mass is 10.1. The molecule has 1 fully saturated rings.